The minimum atomic E-state index is -0.405. The molecule has 200 valence electrons. The molecule has 2 amide bonds. The van der Waals surface area contributed by atoms with E-state index < -0.39 is 6.09 Å². The van der Waals surface area contributed by atoms with Crippen LogP contribution in [0.5, 0.6) is 0 Å². The van der Waals surface area contributed by atoms with E-state index in [1.807, 2.05) is 0 Å². The molecule has 1 aliphatic carbocycles. The van der Waals surface area contributed by atoms with Crippen LogP contribution < -0.4 is 15.4 Å². The molecule has 6 atom stereocenters. The van der Waals surface area contributed by atoms with Crippen LogP contribution in [0.15, 0.2) is 11.6 Å². The third-order valence-corrected chi connectivity index (χ3v) is 7.59. The minimum Gasteiger partial charge on any atom is -0.443 e. The van der Waals surface area contributed by atoms with Crippen molar-refractivity contribution in [2.24, 2.45) is 5.92 Å². The fraction of sp³-hybridized carbons (Fsp3) is 0.840. The van der Waals surface area contributed by atoms with Crippen LogP contribution >= 0.6 is 12.8 Å². The molecule has 3 N–H and O–H groups in total. The van der Waals surface area contributed by atoms with Gasteiger partial charge in [0, 0.05) is 20.2 Å². The molecule has 2 heterocycles. The number of carbonyl (C=O) groups excluding carboxylic acids is 2. The highest BCUT2D eigenvalue weighted by atomic mass is 32.1. The number of carbonyl (C=O) groups is 2. The summed E-state index contributed by atoms with van der Waals surface area (Å²) in [7, 11) is 1.68. The number of amides is 2. The van der Waals surface area contributed by atoms with Crippen LogP contribution in [0, 0.1) is 5.92 Å². The summed E-state index contributed by atoms with van der Waals surface area (Å²) in [5.74, 6) is -0.0419. The van der Waals surface area contributed by atoms with E-state index in [4.69, 9.17) is 18.9 Å². The maximum absolute atomic E-state index is 12.5. The number of unbranched alkanes of at least 4 members (excludes halogenated alkanes) is 3. The zero-order chi connectivity index (χ0) is 25.5. The Bertz CT molecular complexity index is 757. The molecule has 0 bridgehead atoms. The van der Waals surface area contributed by atoms with Crippen molar-refractivity contribution < 1.29 is 28.5 Å². The molecule has 9 nitrogen and oxygen atoms in total. The number of ether oxygens (including phenoxy) is 4. The molecule has 1 saturated carbocycles. The van der Waals surface area contributed by atoms with Gasteiger partial charge in [-0.05, 0) is 52.9 Å². The van der Waals surface area contributed by atoms with Crippen LogP contribution in [0.1, 0.15) is 65.7 Å². The van der Waals surface area contributed by atoms with Crippen molar-refractivity contribution in [2.75, 3.05) is 33.4 Å². The molecule has 0 aromatic heterocycles. The van der Waals surface area contributed by atoms with Gasteiger partial charge in [-0.25, -0.2) is 4.79 Å². The lowest BCUT2D eigenvalue weighted by Gasteiger charge is -2.42. The number of methoxy groups -OCH3 is 1. The molecule has 0 aromatic carbocycles. The minimum absolute atomic E-state index is 0.0196. The second-order valence-electron chi connectivity index (χ2n) is 10.3. The molecule has 4 unspecified atom stereocenters. The van der Waals surface area contributed by atoms with E-state index in [2.05, 4.69) is 55.0 Å². The fourth-order valence-electron chi connectivity index (χ4n) is 5.41. The lowest BCUT2D eigenvalue weighted by molar-refractivity contribution is -0.119. The summed E-state index contributed by atoms with van der Waals surface area (Å²) in [6.45, 7) is 8.45. The highest BCUT2D eigenvalue weighted by Gasteiger charge is 2.72. The Morgan fingerprint density at radius 3 is 2.43 bits per heavy atom. The second-order valence-corrected chi connectivity index (χ2v) is 10.7. The predicted octanol–water partition coefficient (Wildman–Crippen LogP) is 2.90. The normalized spacial score (nSPS) is 33.2. The molecule has 3 aliphatic rings. The lowest BCUT2D eigenvalue weighted by Crippen LogP contribution is -2.56. The molecule has 3 rings (SSSR count). The summed E-state index contributed by atoms with van der Waals surface area (Å²) in [5.41, 5.74) is 0.706. The first-order valence-electron chi connectivity index (χ1n) is 12.8. The molecular weight excluding hydrogens is 470 g/mol. The standard InChI is InChI=1S/C25H43N3O6S/c1-17(2)9-10-19-24(3,34-19)22-21(31-4)18(11-12-25(22)16-32-25)33-23(30)27-14-8-6-5-7-13-26-20(29)15-28-35/h9,18-19,21-22,28,35H,5-8,10-16H2,1-4H3,(H,26,29)(H,27,30)/t18?,19-,21?,22?,24-,25?/m1/s1. The van der Waals surface area contributed by atoms with Gasteiger partial charge in [0.05, 0.1) is 25.2 Å². The number of thiol groups is 1. The number of allylic oxidation sites excluding steroid dienone is 1. The van der Waals surface area contributed by atoms with Crippen molar-refractivity contribution in [2.45, 2.75) is 95.2 Å². The Kier molecular flexibility index (Phi) is 10.3. The van der Waals surface area contributed by atoms with Gasteiger partial charge in [-0.2, -0.15) is 0 Å². The quantitative estimate of drug-likeness (QED) is 0.122. The fourth-order valence-corrected chi connectivity index (χ4v) is 5.55. The summed E-state index contributed by atoms with van der Waals surface area (Å²) >= 11 is 3.80. The maximum Gasteiger partial charge on any atom is 0.407 e. The number of hydrogen-bond acceptors (Lipinski definition) is 8. The van der Waals surface area contributed by atoms with Crippen LogP contribution in [0.2, 0.25) is 0 Å². The van der Waals surface area contributed by atoms with E-state index in [0.717, 1.165) is 38.5 Å². The average molecular weight is 514 g/mol. The predicted molar refractivity (Wildman–Crippen MR) is 136 cm³/mol. The molecule has 0 radical (unpaired) electrons. The highest BCUT2D eigenvalue weighted by molar-refractivity contribution is 7.78. The summed E-state index contributed by atoms with van der Waals surface area (Å²) in [4.78, 5) is 23.9. The van der Waals surface area contributed by atoms with Gasteiger partial charge in [-0.3, -0.25) is 9.52 Å². The van der Waals surface area contributed by atoms with Crippen LogP contribution in [0.25, 0.3) is 0 Å². The molecule has 1 spiro atoms. The van der Waals surface area contributed by atoms with Crippen LogP contribution in [-0.4, -0.2) is 74.9 Å². The summed E-state index contributed by atoms with van der Waals surface area (Å²) in [6, 6.07) is 0. The lowest BCUT2D eigenvalue weighted by atomic mass is 9.68. The number of nitrogens with one attached hydrogen (secondary N) is 3. The Morgan fingerprint density at radius 2 is 1.83 bits per heavy atom. The Labute approximate surface area is 215 Å². The van der Waals surface area contributed by atoms with Gasteiger partial charge in [-0.15, -0.1) is 0 Å². The molecule has 35 heavy (non-hydrogen) atoms. The molecule has 3 fully saturated rings. The largest absolute Gasteiger partial charge is 0.443 e. The smallest absolute Gasteiger partial charge is 0.407 e. The zero-order valence-corrected chi connectivity index (χ0v) is 22.5. The van der Waals surface area contributed by atoms with Crippen molar-refractivity contribution >= 4 is 24.8 Å². The first kappa shape index (κ1) is 28.2. The van der Waals surface area contributed by atoms with Gasteiger partial charge in [0.2, 0.25) is 5.91 Å². The summed E-state index contributed by atoms with van der Waals surface area (Å²) in [5, 5.41) is 5.69. The molecule has 0 aromatic rings. The topological polar surface area (TPSA) is 114 Å². The Hall–Kier alpha value is -1.33. The summed E-state index contributed by atoms with van der Waals surface area (Å²) in [6.07, 6.45) is 7.46. The van der Waals surface area contributed by atoms with Gasteiger partial charge in [0.25, 0.3) is 0 Å². The van der Waals surface area contributed by atoms with E-state index in [1.165, 1.54) is 5.57 Å². The SMILES string of the molecule is COC1C(OC(=O)NCCCCCCNC(=O)CNS)CCC2(CO2)C1[C@]1(C)O[C@@H]1CC=C(C)C. The second kappa shape index (κ2) is 12.8. The van der Waals surface area contributed by atoms with E-state index in [0.29, 0.717) is 26.1 Å². The number of alkyl carbamates (subject to hydrolysis) is 1. The first-order chi connectivity index (χ1) is 16.8. The molecule has 10 heteroatoms. The van der Waals surface area contributed by atoms with Gasteiger partial charge in [0.15, 0.2) is 0 Å². The van der Waals surface area contributed by atoms with Crippen molar-refractivity contribution in [3.8, 4) is 0 Å². The van der Waals surface area contributed by atoms with Crippen LogP contribution in [0.3, 0.4) is 0 Å². The third kappa shape index (κ3) is 7.58. The number of rotatable bonds is 14. The average Bonchev–Trinajstić information content (AvgIpc) is 3.72. The summed E-state index contributed by atoms with van der Waals surface area (Å²) < 4.78 is 26.5. The third-order valence-electron chi connectivity index (χ3n) is 7.43. The van der Waals surface area contributed by atoms with Gasteiger partial charge < -0.3 is 29.6 Å². The zero-order valence-electron chi connectivity index (χ0n) is 21.6. The Morgan fingerprint density at radius 1 is 1.14 bits per heavy atom. The first-order valence-corrected chi connectivity index (χ1v) is 13.3. The number of hydrogen-bond donors (Lipinski definition) is 4. The van der Waals surface area contributed by atoms with Gasteiger partial charge in [0.1, 0.15) is 23.4 Å². The molecule has 2 saturated heterocycles. The van der Waals surface area contributed by atoms with E-state index in [9.17, 15) is 9.59 Å². The van der Waals surface area contributed by atoms with E-state index >= 15 is 0 Å². The van der Waals surface area contributed by atoms with Crippen LogP contribution in [-0.2, 0) is 23.7 Å². The van der Waals surface area contributed by atoms with E-state index in [1.54, 1.807) is 7.11 Å². The monoisotopic (exact) mass is 513 g/mol. The Balaban J connectivity index is 1.40. The van der Waals surface area contributed by atoms with Gasteiger partial charge in [-0.1, -0.05) is 37.3 Å². The van der Waals surface area contributed by atoms with E-state index in [-0.39, 0.29) is 47.9 Å². The van der Waals surface area contributed by atoms with Gasteiger partial charge >= 0.3 is 6.09 Å². The van der Waals surface area contributed by atoms with Crippen molar-refractivity contribution in [1.29, 1.82) is 0 Å². The van der Waals surface area contributed by atoms with Crippen molar-refractivity contribution in [3.05, 3.63) is 11.6 Å². The molecular formula is C25H43N3O6S. The van der Waals surface area contributed by atoms with Crippen molar-refractivity contribution in [1.82, 2.24) is 15.4 Å². The maximum atomic E-state index is 12.5. The molecule has 2 aliphatic heterocycles. The number of epoxide rings is 2. The highest BCUT2D eigenvalue weighted by Crippen LogP contribution is 2.59. The van der Waals surface area contributed by atoms with Crippen LogP contribution in [0.4, 0.5) is 4.79 Å². The van der Waals surface area contributed by atoms with Crippen molar-refractivity contribution in [3.63, 3.8) is 0 Å².